The molecule has 20 heavy (non-hydrogen) atoms. The molecule has 0 bridgehead atoms. The molecule has 5 nitrogen and oxygen atoms in total. The number of sulfonamides is 1. The second-order valence-corrected chi connectivity index (χ2v) is 7.02. The van der Waals surface area contributed by atoms with E-state index < -0.39 is 15.3 Å². The molecule has 1 atom stereocenters. The highest BCUT2D eigenvalue weighted by molar-refractivity contribution is 7.90. The molecule has 0 aliphatic rings. The van der Waals surface area contributed by atoms with Gasteiger partial charge in [-0.15, -0.1) is 0 Å². The van der Waals surface area contributed by atoms with Crippen molar-refractivity contribution >= 4 is 15.7 Å². The van der Waals surface area contributed by atoms with Crippen LogP contribution in [0.5, 0.6) is 0 Å². The molecule has 0 heterocycles. The highest BCUT2D eigenvalue weighted by atomic mass is 32.2. The first-order valence-corrected chi connectivity index (χ1v) is 8.08. The number of hydrogen-bond donors (Lipinski definition) is 1. The normalized spacial score (nSPS) is 13.4. The van der Waals surface area contributed by atoms with Gasteiger partial charge < -0.3 is 5.73 Å². The lowest BCUT2D eigenvalue weighted by molar-refractivity contribution is 0.345. The molecule has 2 N–H and O–H groups in total. The van der Waals surface area contributed by atoms with Gasteiger partial charge >= 0.3 is 0 Å². The molecule has 0 aromatic heterocycles. The summed E-state index contributed by atoms with van der Waals surface area (Å²) in [7, 11) is -3.63. The van der Waals surface area contributed by atoms with Crippen molar-refractivity contribution < 1.29 is 8.42 Å². The number of rotatable bonds is 6. The zero-order valence-corrected chi connectivity index (χ0v) is 12.9. The van der Waals surface area contributed by atoms with Gasteiger partial charge in [0.2, 0.25) is 10.0 Å². The minimum atomic E-state index is -3.63. The molecule has 0 radical (unpaired) electrons. The SMILES string of the molecule is CCC(C#N)S(=O)(=O)N(Cc1ccc(N)cc1)C(C)C. The Morgan fingerprint density at radius 3 is 2.25 bits per heavy atom. The lowest BCUT2D eigenvalue weighted by atomic mass is 10.2. The molecule has 0 saturated heterocycles. The molecule has 1 aromatic rings. The summed E-state index contributed by atoms with van der Waals surface area (Å²) in [4.78, 5) is 0. The molecule has 1 aromatic carbocycles. The number of anilines is 1. The van der Waals surface area contributed by atoms with Crippen LogP contribution in [0.2, 0.25) is 0 Å². The maximum absolute atomic E-state index is 12.5. The van der Waals surface area contributed by atoms with E-state index in [-0.39, 0.29) is 19.0 Å². The number of nitrogens with two attached hydrogens (primary N) is 1. The zero-order chi connectivity index (χ0) is 15.3. The Hall–Kier alpha value is -1.58. The third-order valence-electron chi connectivity index (χ3n) is 3.10. The van der Waals surface area contributed by atoms with Crippen molar-refractivity contribution in [2.24, 2.45) is 0 Å². The van der Waals surface area contributed by atoms with Gasteiger partial charge in [-0.2, -0.15) is 9.57 Å². The van der Waals surface area contributed by atoms with E-state index in [0.717, 1.165) is 5.56 Å². The molecule has 110 valence electrons. The smallest absolute Gasteiger partial charge is 0.231 e. The van der Waals surface area contributed by atoms with E-state index in [9.17, 15) is 8.42 Å². The van der Waals surface area contributed by atoms with E-state index >= 15 is 0 Å². The average molecular weight is 295 g/mol. The zero-order valence-electron chi connectivity index (χ0n) is 12.1. The number of nitrogens with zero attached hydrogens (tertiary/aromatic N) is 2. The van der Waals surface area contributed by atoms with Gasteiger partial charge in [0.25, 0.3) is 0 Å². The van der Waals surface area contributed by atoms with Gasteiger partial charge in [0.05, 0.1) is 6.07 Å². The molecule has 1 unspecified atom stereocenters. The number of hydrogen-bond acceptors (Lipinski definition) is 4. The maximum atomic E-state index is 12.5. The van der Waals surface area contributed by atoms with Crippen LogP contribution in [-0.4, -0.2) is 24.0 Å². The first-order valence-electron chi connectivity index (χ1n) is 6.57. The summed E-state index contributed by atoms with van der Waals surface area (Å²) in [5, 5.41) is 8.02. The lowest BCUT2D eigenvalue weighted by Gasteiger charge is -2.27. The van der Waals surface area contributed by atoms with Crippen LogP contribution in [0, 0.1) is 11.3 Å². The second kappa shape index (κ2) is 6.73. The number of benzene rings is 1. The van der Waals surface area contributed by atoms with E-state index in [2.05, 4.69) is 0 Å². The Bertz CT molecular complexity index is 573. The van der Waals surface area contributed by atoms with Gasteiger partial charge in [-0.1, -0.05) is 19.1 Å². The summed E-state index contributed by atoms with van der Waals surface area (Å²) in [6.45, 7) is 5.56. The van der Waals surface area contributed by atoms with Gasteiger partial charge in [0.1, 0.15) is 0 Å². The van der Waals surface area contributed by atoms with Crippen LogP contribution in [0.1, 0.15) is 32.8 Å². The van der Waals surface area contributed by atoms with Crippen molar-refractivity contribution in [2.45, 2.75) is 45.0 Å². The third kappa shape index (κ3) is 3.71. The highest BCUT2D eigenvalue weighted by Gasteiger charge is 2.32. The standard InChI is InChI=1S/C14H21N3O2S/c1-4-14(9-15)20(18,19)17(11(2)3)10-12-5-7-13(16)8-6-12/h5-8,11,14H,4,10,16H2,1-3H3. The summed E-state index contributed by atoms with van der Waals surface area (Å²) in [5.74, 6) is 0. The molecule has 0 aliphatic heterocycles. The monoisotopic (exact) mass is 295 g/mol. The Kier molecular flexibility index (Phi) is 5.54. The van der Waals surface area contributed by atoms with Crippen molar-refractivity contribution in [1.29, 1.82) is 5.26 Å². The fraction of sp³-hybridized carbons (Fsp3) is 0.500. The second-order valence-electron chi connectivity index (χ2n) is 4.95. The lowest BCUT2D eigenvalue weighted by Crippen LogP contribution is -2.41. The van der Waals surface area contributed by atoms with E-state index in [0.29, 0.717) is 5.69 Å². The summed E-state index contributed by atoms with van der Waals surface area (Å²) in [6, 6.07) is 8.74. The van der Waals surface area contributed by atoms with E-state index in [1.165, 1.54) is 4.31 Å². The molecule has 0 aliphatic carbocycles. The Morgan fingerprint density at radius 2 is 1.85 bits per heavy atom. The van der Waals surface area contributed by atoms with E-state index in [4.69, 9.17) is 11.0 Å². The summed E-state index contributed by atoms with van der Waals surface area (Å²) >= 11 is 0. The molecule has 0 amide bonds. The van der Waals surface area contributed by atoms with Crippen LogP contribution in [0.15, 0.2) is 24.3 Å². The molecule has 1 rings (SSSR count). The van der Waals surface area contributed by atoms with Crippen LogP contribution < -0.4 is 5.73 Å². The molecule has 0 saturated carbocycles. The average Bonchev–Trinajstić information content (AvgIpc) is 2.38. The molecular formula is C14H21N3O2S. The molecule has 0 spiro atoms. The van der Waals surface area contributed by atoms with Crippen LogP contribution in [0.4, 0.5) is 5.69 Å². The summed E-state index contributed by atoms with van der Waals surface area (Å²) in [5.41, 5.74) is 7.11. The fourth-order valence-corrected chi connectivity index (χ4v) is 3.70. The molecule has 0 fully saturated rings. The fourth-order valence-electron chi connectivity index (χ4n) is 1.90. The van der Waals surface area contributed by atoms with Crippen molar-refractivity contribution in [3.05, 3.63) is 29.8 Å². The first-order chi connectivity index (χ1) is 9.32. The van der Waals surface area contributed by atoms with Crippen LogP contribution in [-0.2, 0) is 16.6 Å². The van der Waals surface area contributed by atoms with Gasteiger partial charge in [-0.25, -0.2) is 8.42 Å². The van der Waals surface area contributed by atoms with Crippen LogP contribution in [0.3, 0.4) is 0 Å². The van der Waals surface area contributed by atoms with E-state index in [1.807, 2.05) is 6.07 Å². The summed E-state index contributed by atoms with van der Waals surface area (Å²) in [6.07, 6.45) is 0.282. The minimum absolute atomic E-state index is 0.208. The van der Waals surface area contributed by atoms with Crippen LogP contribution >= 0.6 is 0 Å². The highest BCUT2D eigenvalue weighted by Crippen LogP contribution is 2.19. The van der Waals surface area contributed by atoms with Crippen molar-refractivity contribution in [1.82, 2.24) is 4.31 Å². The minimum Gasteiger partial charge on any atom is -0.399 e. The van der Waals surface area contributed by atoms with Crippen LogP contribution in [0.25, 0.3) is 0 Å². The van der Waals surface area contributed by atoms with Crippen molar-refractivity contribution in [3.63, 3.8) is 0 Å². The van der Waals surface area contributed by atoms with Gasteiger partial charge in [0.15, 0.2) is 5.25 Å². The van der Waals surface area contributed by atoms with Crippen molar-refractivity contribution in [2.75, 3.05) is 5.73 Å². The molecule has 6 heteroatoms. The quantitative estimate of drug-likeness (QED) is 0.814. The van der Waals surface area contributed by atoms with Gasteiger partial charge in [-0.05, 0) is 38.0 Å². The number of nitrogen functional groups attached to an aromatic ring is 1. The molecular weight excluding hydrogens is 274 g/mol. The number of nitriles is 1. The van der Waals surface area contributed by atoms with E-state index in [1.54, 1.807) is 45.0 Å². The summed E-state index contributed by atoms with van der Waals surface area (Å²) < 4.78 is 26.3. The maximum Gasteiger partial charge on any atom is 0.231 e. The Labute approximate surface area is 121 Å². The van der Waals surface area contributed by atoms with Crippen molar-refractivity contribution in [3.8, 4) is 6.07 Å². The predicted molar refractivity (Wildman–Crippen MR) is 80.1 cm³/mol. The topological polar surface area (TPSA) is 87.2 Å². The predicted octanol–water partition coefficient (Wildman–Crippen LogP) is 2.11. The largest absolute Gasteiger partial charge is 0.399 e. The Balaban J connectivity index is 3.07. The third-order valence-corrected chi connectivity index (χ3v) is 5.46. The Morgan fingerprint density at radius 1 is 1.30 bits per heavy atom. The van der Waals surface area contributed by atoms with Gasteiger partial charge in [0, 0.05) is 18.3 Å². The van der Waals surface area contributed by atoms with Gasteiger partial charge in [-0.3, -0.25) is 0 Å². The first kappa shape index (κ1) is 16.5.